The molecule has 126 valence electrons. The van der Waals surface area contributed by atoms with E-state index in [4.69, 9.17) is 9.84 Å². The third kappa shape index (κ3) is 6.14. The van der Waals surface area contributed by atoms with Crippen molar-refractivity contribution < 1.29 is 19.4 Å². The van der Waals surface area contributed by atoms with Crippen LogP contribution in [0.4, 0.5) is 0 Å². The number of amides is 1. The molecule has 1 atom stereocenters. The molecule has 23 heavy (non-hydrogen) atoms. The molecule has 1 aromatic rings. The quantitative estimate of drug-likeness (QED) is 0.722. The molecular formula is C18H25NO4. The summed E-state index contributed by atoms with van der Waals surface area (Å²) in [4.78, 5) is 23.1. The zero-order chi connectivity index (χ0) is 17.4. The molecule has 5 nitrogen and oxygen atoms in total. The van der Waals surface area contributed by atoms with Crippen LogP contribution in [-0.2, 0) is 9.59 Å². The van der Waals surface area contributed by atoms with Crippen LogP contribution in [0.3, 0.4) is 0 Å². The minimum absolute atomic E-state index is 0.206. The lowest BCUT2D eigenvalue weighted by atomic mass is 10.0. The standard InChI is InChI=1S/C18H25NO4/c1-5-6-7-15(18(21)22)19-17(20)11-23-16-10-13(4)8-9-14(16)12(2)3/h5-6,8-10,12,15H,7,11H2,1-4H3,(H,19,20)(H,21,22)/b6-5+. The molecule has 0 heterocycles. The first-order valence-corrected chi connectivity index (χ1v) is 7.71. The van der Waals surface area contributed by atoms with Gasteiger partial charge in [-0.05, 0) is 43.4 Å². The minimum Gasteiger partial charge on any atom is -0.483 e. The van der Waals surface area contributed by atoms with Crippen LogP contribution in [0.5, 0.6) is 5.75 Å². The van der Waals surface area contributed by atoms with Gasteiger partial charge >= 0.3 is 5.97 Å². The van der Waals surface area contributed by atoms with Gasteiger partial charge in [0.25, 0.3) is 5.91 Å². The number of benzene rings is 1. The first kappa shape index (κ1) is 18.7. The van der Waals surface area contributed by atoms with Crippen LogP contribution in [0.2, 0.25) is 0 Å². The summed E-state index contributed by atoms with van der Waals surface area (Å²) in [6, 6.07) is 4.93. The van der Waals surface area contributed by atoms with E-state index in [0.717, 1.165) is 11.1 Å². The smallest absolute Gasteiger partial charge is 0.326 e. The van der Waals surface area contributed by atoms with Crippen LogP contribution in [-0.4, -0.2) is 29.6 Å². The van der Waals surface area contributed by atoms with E-state index < -0.39 is 17.9 Å². The van der Waals surface area contributed by atoms with Crippen molar-refractivity contribution in [2.75, 3.05) is 6.61 Å². The van der Waals surface area contributed by atoms with Crippen LogP contribution in [0.15, 0.2) is 30.4 Å². The Kier molecular flexibility index (Phi) is 7.32. The Morgan fingerprint density at radius 2 is 2.04 bits per heavy atom. The Labute approximate surface area is 137 Å². The molecule has 0 aliphatic heterocycles. The Morgan fingerprint density at radius 3 is 2.61 bits per heavy atom. The lowest BCUT2D eigenvalue weighted by Gasteiger charge is -2.16. The average molecular weight is 319 g/mol. The number of carbonyl (C=O) groups is 2. The van der Waals surface area contributed by atoms with Crippen molar-refractivity contribution in [3.05, 3.63) is 41.5 Å². The molecule has 0 fully saturated rings. The fraction of sp³-hybridized carbons (Fsp3) is 0.444. The number of hydrogen-bond acceptors (Lipinski definition) is 3. The number of aryl methyl sites for hydroxylation is 1. The van der Waals surface area contributed by atoms with Gasteiger partial charge in [0.2, 0.25) is 0 Å². The fourth-order valence-electron chi connectivity index (χ4n) is 2.12. The van der Waals surface area contributed by atoms with Gasteiger partial charge in [-0.1, -0.05) is 38.1 Å². The number of rotatable bonds is 8. The summed E-state index contributed by atoms with van der Waals surface area (Å²) >= 11 is 0. The molecule has 1 unspecified atom stereocenters. The van der Waals surface area contributed by atoms with E-state index in [2.05, 4.69) is 19.2 Å². The van der Waals surface area contributed by atoms with Crippen molar-refractivity contribution in [2.45, 2.75) is 46.1 Å². The van der Waals surface area contributed by atoms with Crippen molar-refractivity contribution in [2.24, 2.45) is 0 Å². The van der Waals surface area contributed by atoms with Gasteiger partial charge in [0.1, 0.15) is 11.8 Å². The van der Waals surface area contributed by atoms with Gasteiger partial charge in [0, 0.05) is 0 Å². The molecule has 0 saturated carbocycles. The van der Waals surface area contributed by atoms with E-state index in [1.165, 1.54) is 0 Å². The first-order valence-electron chi connectivity index (χ1n) is 7.71. The number of carboxylic acids is 1. The third-order valence-corrected chi connectivity index (χ3v) is 3.39. The summed E-state index contributed by atoms with van der Waals surface area (Å²) in [5.74, 6) is -0.571. The molecule has 0 aliphatic carbocycles. The maximum absolute atomic E-state index is 11.9. The van der Waals surface area contributed by atoms with Crippen molar-refractivity contribution in [3.8, 4) is 5.75 Å². The predicted molar refractivity (Wildman–Crippen MR) is 89.8 cm³/mol. The Bertz CT molecular complexity index is 578. The van der Waals surface area contributed by atoms with E-state index >= 15 is 0 Å². The molecule has 0 radical (unpaired) electrons. The largest absolute Gasteiger partial charge is 0.483 e. The highest BCUT2D eigenvalue weighted by molar-refractivity contribution is 5.84. The zero-order valence-corrected chi connectivity index (χ0v) is 14.1. The Hall–Kier alpha value is -2.30. The number of carboxylic acid groups (broad SMARTS) is 1. The number of carbonyl (C=O) groups excluding carboxylic acids is 1. The normalized spacial score (nSPS) is 12.4. The number of nitrogens with one attached hydrogen (secondary N) is 1. The molecule has 0 spiro atoms. The van der Waals surface area contributed by atoms with E-state index in [0.29, 0.717) is 5.75 Å². The summed E-state index contributed by atoms with van der Waals surface area (Å²) in [5.41, 5.74) is 2.06. The molecule has 5 heteroatoms. The molecule has 2 N–H and O–H groups in total. The van der Waals surface area contributed by atoms with Gasteiger partial charge in [0.05, 0.1) is 0 Å². The van der Waals surface area contributed by atoms with Crippen LogP contribution < -0.4 is 10.1 Å². The monoisotopic (exact) mass is 319 g/mol. The summed E-state index contributed by atoms with van der Waals surface area (Å²) in [6.07, 6.45) is 3.71. The second-order valence-electron chi connectivity index (χ2n) is 5.75. The molecule has 1 rings (SSSR count). The van der Waals surface area contributed by atoms with Gasteiger partial charge < -0.3 is 15.2 Å². The minimum atomic E-state index is -1.06. The zero-order valence-electron chi connectivity index (χ0n) is 14.1. The highest BCUT2D eigenvalue weighted by Crippen LogP contribution is 2.27. The molecule has 1 aromatic carbocycles. The maximum atomic E-state index is 11.9. The van der Waals surface area contributed by atoms with Crippen LogP contribution in [0, 0.1) is 6.92 Å². The van der Waals surface area contributed by atoms with Gasteiger partial charge in [-0.3, -0.25) is 4.79 Å². The maximum Gasteiger partial charge on any atom is 0.326 e. The van der Waals surface area contributed by atoms with Crippen molar-refractivity contribution >= 4 is 11.9 Å². The first-order chi connectivity index (χ1) is 10.8. The Balaban J connectivity index is 2.68. The molecule has 0 saturated heterocycles. The summed E-state index contributed by atoms with van der Waals surface area (Å²) in [7, 11) is 0. The number of aliphatic carboxylic acids is 1. The highest BCUT2D eigenvalue weighted by Gasteiger charge is 2.19. The van der Waals surface area contributed by atoms with Gasteiger partial charge in [-0.2, -0.15) is 0 Å². The van der Waals surface area contributed by atoms with E-state index in [-0.39, 0.29) is 18.9 Å². The van der Waals surface area contributed by atoms with E-state index in [9.17, 15) is 9.59 Å². The second-order valence-corrected chi connectivity index (χ2v) is 5.75. The fourth-order valence-corrected chi connectivity index (χ4v) is 2.12. The molecular weight excluding hydrogens is 294 g/mol. The van der Waals surface area contributed by atoms with Crippen molar-refractivity contribution in [1.82, 2.24) is 5.32 Å². The molecule has 0 aromatic heterocycles. The Morgan fingerprint density at radius 1 is 1.35 bits per heavy atom. The summed E-state index contributed by atoms with van der Waals surface area (Å²) in [5, 5.41) is 11.6. The van der Waals surface area contributed by atoms with Gasteiger partial charge in [-0.25, -0.2) is 4.79 Å². The van der Waals surface area contributed by atoms with E-state index in [1.807, 2.05) is 25.1 Å². The number of allylic oxidation sites excluding steroid dienone is 1. The average Bonchev–Trinajstić information content (AvgIpc) is 2.48. The second kappa shape index (κ2) is 8.98. The van der Waals surface area contributed by atoms with Crippen molar-refractivity contribution in [3.63, 3.8) is 0 Å². The highest BCUT2D eigenvalue weighted by atomic mass is 16.5. The van der Waals surface area contributed by atoms with Gasteiger partial charge in [0.15, 0.2) is 6.61 Å². The molecule has 1 amide bonds. The predicted octanol–water partition coefficient (Wildman–Crippen LogP) is 3.03. The van der Waals surface area contributed by atoms with Crippen LogP contribution in [0.25, 0.3) is 0 Å². The van der Waals surface area contributed by atoms with Crippen molar-refractivity contribution in [1.29, 1.82) is 0 Å². The lowest BCUT2D eigenvalue weighted by molar-refractivity contribution is -0.142. The summed E-state index contributed by atoms with van der Waals surface area (Å²) in [6.45, 7) is 7.65. The van der Waals surface area contributed by atoms with Crippen LogP contribution in [0.1, 0.15) is 44.2 Å². The van der Waals surface area contributed by atoms with E-state index in [1.54, 1.807) is 19.1 Å². The lowest BCUT2D eigenvalue weighted by Crippen LogP contribution is -2.42. The van der Waals surface area contributed by atoms with Gasteiger partial charge in [-0.15, -0.1) is 0 Å². The topological polar surface area (TPSA) is 75.6 Å². The third-order valence-electron chi connectivity index (χ3n) is 3.39. The SMILES string of the molecule is C/C=C/CC(NC(=O)COc1cc(C)ccc1C(C)C)C(=O)O. The van der Waals surface area contributed by atoms with Crippen LogP contribution >= 0.6 is 0 Å². The number of ether oxygens (including phenoxy) is 1. The molecule has 0 aliphatic rings. The molecule has 0 bridgehead atoms. The number of hydrogen-bond donors (Lipinski definition) is 2. The summed E-state index contributed by atoms with van der Waals surface area (Å²) < 4.78 is 5.60.